The van der Waals surface area contributed by atoms with E-state index in [9.17, 15) is 22.8 Å². The molecule has 1 aliphatic rings. The Morgan fingerprint density at radius 3 is 2.33 bits per heavy atom. The highest BCUT2D eigenvalue weighted by atomic mass is 32.2. The maximum atomic E-state index is 12.4. The van der Waals surface area contributed by atoms with Crippen molar-refractivity contribution in [2.75, 3.05) is 18.8 Å². The molecule has 1 aromatic carbocycles. The second kappa shape index (κ2) is 5.14. The topological polar surface area (TPSA) is 147 Å². The lowest BCUT2D eigenvalue weighted by Gasteiger charge is -2.25. The third-order valence-corrected chi connectivity index (χ3v) is 4.60. The van der Waals surface area contributed by atoms with Crippen molar-refractivity contribution in [3.63, 3.8) is 0 Å². The van der Waals surface area contributed by atoms with Crippen molar-refractivity contribution in [2.24, 2.45) is 0 Å². The van der Waals surface area contributed by atoms with Gasteiger partial charge in [0.05, 0.1) is 23.5 Å². The Labute approximate surface area is 119 Å². The zero-order valence-corrected chi connectivity index (χ0v) is 11.4. The minimum atomic E-state index is -4.34. The van der Waals surface area contributed by atoms with Gasteiger partial charge in [0.1, 0.15) is 0 Å². The second-order valence-corrected chi connectivity index (χ2v) is 6.21. The molecule has 112 valence electrons. The van der Waals surface area contributed by atoms with E-state index in [1.54, 1.807) is 0 Å². The number of benzene rings is 1. The SMILES string of the molecule is Nc1ccc(C(=O)O)c(S(=O)(=O)N2CC(=O)NC(=O)C2)c1. The van der Waals surface area contributed by atoms with Crippen molar-refractivity contribution in [1.82, 2.24) is 9.62 Å². The zero-order chi connectivity index (χ0) is 15.8. The Hall–Kier alpha value is -2.46. The van der Waals surface area contributed by atoms with Gasteiger partial charge in [0, 0.05) is 5.69 Å². The molecule has 4 N–H and O–H groups in total. The van der Waals surface area contributed by atoms with E-state index in [-0.39, 0.29) is 5.69 Å². The van der Waals surface area contributed by atoms with Gasteiger partial charge in [0.25, 0.3) is 0 Å². The minimum Gasteiger partial charge on any atom is -0.478 e. The van der Waals surface area contributed by atoms with E-state index in [0.717, 1.165) is 12.1 Å². The van der Waals surface area contributed by atoms with Crippen LogP contribution in [0.1, 0.15) is 10.4 Å². The lowest BCUT2D eigenvalue weighted by Crippen LogP contribution is -2.53. The van der Waals surface area contributed by atoms with Crippen LogP contribution in [0.15, 0.2) is 23.1 Å². The van der Waals surface area contributed by atoms with Crippen LogP contribution < -0.4 is 11.1 Å². The summed E-state index contributed by atoms with van der Waals surface area (Å²) in [5.74, 6) is -3.02. The Bertz CT molecular complexity index is 726. The molecule has 0 atom stereocenters. The second-order valence-electron chi connectivity index (χ2n) is 4.31. The van der Waals surface area contributed by atoms with Crippen LogP contribution in [0.4, 0.5) is 5.69 Å². The molecular formula is C11H11N3O6S. The van der Waals surface area contributed by atoms with E-state index in [2.05, 4.69) is 0 Å². The Morgan fingerprint density at radius 1 is 1.24 bits per heavy atom. The van der Waals surface area contributed by atoms with Gasteiger partial charge in [-0.3, -0.25) is 14.9 Å². The number of imide groups is 1. The molecule has 2 rings (SSSR count). The number of hydrogen-bond donors (Lipinski definition) is 3. The molecule has 1 aromatic rings. The van der Waals surface area contributed by atoms with Crippen LogP contribution in [0.25, 0.3) is 0 Å². The summed E-state index contributed by atoms with van der Waals surface area (Å²) in [6.45, 7) is -1.14. The number of carboxylic acid groups (broad SMARTS) is 1. The van der Waals surface area contributed by atoms with E-state index in [4.69, 9.17) is 10.8 Å². The number of piperazine rings is 1. The van der Waals surface area contributed by atoms with Crippen molar-refractivity contribution in [3.8, 4) is 0 Å². The summed E-state index contributed by atoms with van der Waals surface area (Å²) in [6, 6.07) is 3.28. The number of carbonyl (C=O) groups excluding carboxylic acids is 2. The first kappa shape index (κ1) is 14.9. The number of hydrogen-bond acceptors (Lipinski definition) is 6. The van der Waals surface area contributed by atoms with Crippen LogP contribution in [-0.2, 0) is 19.6 Å². The van der Waals surface area contributed by atoms with E-state index >= 15 is 0 Å². The van der Waals surface area contributed by atoms with E-state index in [1.165, 1.54) is 6.07 Å². The number of nitrogen functional groups attached to an aromatic ring is 1. The van der Waals surface area contributed by atoms with Gasteiger partial charge >= 0.3 is 5.97 Å². The summed E-state index contributed by atoms with van der Waals surface area (Å²) in [5.41, 5.74) is 5.05. The summed E-state index contributed by atoms with van der Waals surface area (Å²) in [6.07, 6.45) is 0. The maximum absolute atomic E-state index is 12.4. The van der Waals surface area contributed by atoms with Gasteiger partial charge in [0.15, 0.2) is 0 Å². The molecule has 1 aliphatic heterocycles. The number of carbonyl (C=O) groups is 3. The summed E-state index contributed by atoms with van der Waals surface area (Å²) in [5, 5.41) is 11.0. The molecule has 9 nitrogen and oxygen atoms in total. The van der Waals surface area contributed by atoms with Crippen LogP contribution >= 0.6 is 0 Å². The van der Waals surface area contributed by atoms with E-state index in [0.29, 0.717) is 4.31 Å². The van der Waals surface area contributed by atoms with Gasteiger partial charge in [-0.15, -0.1) is 0 Å². The highest BCUT2D eigenvalue weighted by Gasteiger charge is 2.35. The molecule has 1 saturated heterocycles. The molecule has 1 fully saturated rings. The predicted molar refractivity (Wildman–Crippen MR) is 69.7 cm³/mol. The first-order valence-electron chi connectivity index (χ1n) is 5.67. The lowest BCUT2D eigenvalue weighted by atomic mass is 10.2. The zero-order valence-electron chi connectivity index (χ0n) is 10.6. The molecule has 0 aromatic heterocycles. The number of nitrogens with zero attached hydrogens (tertiary/aromatic N) is 1. The van der Waals surface area contributed by atoms with Gasteiger partial charge < -0.3 is 10.8 Å². The monoisotopic (exact) mass is 313 g/mol. The van der Waals surface area contributed by atoms with Crippen molar-refractivity contribution in [1.29, 1.82) is 0 Å². The number of nitrogens with one attached hydrogen (secondary N) is 1. The quantitative estimate of drug-likeness (QED) is 0.460. The van der Waals surface area contributed by atoms with Crippen molar-refractivity contribution >= 4 is 33.5 Å². The van der Waals surface area contributed by atoms with Gasteiger partial charge in [0.2, 0.25) is 21.8 Å². The molecule has 10 heteroatoms. The number of anilines is 1. The maximum Gasteiger partial charge on any atom is 0.337 e. The number of amides is 2. The normalized spacial score (nSPS) is 16.6. The smallest absolute Gasteiger partial charge is 0.337 e. The summed E-state index contributed by atoms with van der Waals surface area (Å²) in [4.78, 5) is 33.1. The molecule has 0 aliphatic carbocycles. The Morgan fingerprint density at radius 2 is 1.81 bits per heavy atom. The number of sulfonamides is 1. The van der Waals surface area contributed by atoms with E-state index < -0.39 is 51.4 Å². The first-order chi connectivity index (χ1) is 9.71. The minimum absolute atomic E-state index is 0.0476. The summed E-state index contributed by atoms with van der Waals surface area (Å²) < 4.78 is 25.5. The van der Waals surface area contributed by atoms with Gasteiger partial charge in [-0.05, 0) is 18.2 Å². The highest BCUT2D eigenvalue weighted by Crippen LogP contribution is 2.23. The molecular weight excluding hydrogens is 302 g/mol. The van der Waals surface area contributed by atoms with Crippen molar-refractivity contribution in [2.45, 2.75) is 4.90 Å². The Balaban J connectivity index is 2.53. The van der Waals surface area contributed by atoms with Crippen LogP contribution in [0.3, 0.4) is 0 Å². The van der Waals surface area contributed by atoms with E-state index in [1.807, 2.05) is 5.32 Å². The van der Waals surface area contributed by atoms with Crippen molar-refractivity contribution < 1.29 is 27.9 Å². The third-order valence-electron chi connectivity index (χ3n) is 2.77. The highest BCUT2D eigenvalue weighted by molar-refractivity contribution is 7.89. The molecule has 0 spiro atoms. The molecule has 1 heterocycles. The largest absolute Gasteiger partial charge is 0.478 e. The number of nitrogens with two attached hydrogens (primary N) is 1. The fraction of sp³-hybridized carbons (Fsp3) is 0.182. The van der Waals surface area contributed by atoms with Gasteiger partial charge in [-0.2, -0.15) is 4.31 Å². The fourth-order valence-electron chi connectivity index (χ4n) is 1.85. The number of rotatable bonds is 3. The predicted octanol–water partition coefficient (Wildman–Crippen LogP) is -1.39. The third kappa shape index (κ3) is 2.85. The van der Waals surface area contributed by atoms with Crippen molar-refractivity contribution in [3.05, 3.63) is 23.8 Å². The van der Waals surface area contributed by atoms with Crippen LogP contribution in [0.5, 0.6) is 0 Å². The standard InChI is InChI=1S/C11H11N3O6S/c12-6-1-2-7(11(17)18)8(3-6)21(19,20)14-4-9(15)13-10(16)5-14/h1-3H,4-5,12H2,(H,17,18)(H,13,15,16). The average molecular weight is 313 g/mol. The summed E-state index contributed by atoms with van der Waals surface area (Å²) >= 11 is 0. The van der Waals surface area contributed by atoms with Gasteiger partial charge in [-0.25, -0.2) is 13.2 Å². The number of aromatic carboxylic acids is 1. The van der Waals surface area contributed by atoms with Crippen LogP contribution in [-0.4, -0.2) is 48.7 Å². The van der Waals surface area contributed by atoms with Crippen LogP contribution in [0, 0.1) is 0 Å². The molecule has 21 heavy (non-hydrogen) atoms. The first-order valence-corrected chi connectivity index (χ1v) is 7.11. The molecule has 0 saturated carbocycles. The van der Waals surface area contributed by atoms with Gasteiger partial charge in [-0.1, -0.05) is 0 Å². The van der Waals surface area contributed by atoms with Crippen LogP contribution in [0.2, 0.25) is 0 Å². The summed E-state index contributed by atoms with van der Waals surface area (Å²) in [7, 11) is -4.34. The molecule has 0 radical (unpaired) electrons. The fourth-order valence-corrected chi connectivity index (χ4v) is 3.42. The Kier molecular flexibility index (Phi) is 3.66. The average Bonchev–Trinajstić information content (AvgIpc) is 2.37. The number of carboxylic acids is 1. The molecule has 0 unspecified atom stereocenters. The lowest BCUT2D eigenvalue weighted by molar-refractivity contribution is -0.134. The molecule has 0 bridgehead atoms. The molecule has 2 amide bonds.